The van der Waals surface area contributed by atoms with Crippen LogP contribution in [0.2, 0.25) is 0 Å². The van der Waals surface area contributed by atoms with Crippen LogP contribution in [-0.4, -0.2) is 56.5 Å². The highest BCUT2D eigenvalue weighted by atomic mass is 15.3. The van der Waals surface area contributed by atoms with Crippen molar-refractivity contribution in [2.45, 2.75) is 13.0 Å². The topological polar surface area (TPSA) is 30.9 Å². The third-order valence-corrected chi connectivity index (χ3v) is 3.66. The number of nitrogens with one attached hydrogen (secondary N) is 1. The van der Waals surface area contributed by atoms with Crippen molar-refractivity contribution in [3.63, 3.8) is 0 Å². The van der Waals surface area contributed by atoms with Gasteiger partial charge in [0, 0.05) is 33.7 Å². The van der Waals surface area contributed by atoms with E-state index in [9.17, 15) is 0 Å². The molecule has 0 atom stereocenters. The molecule has 1 N–H and O–H groups in total. The summed E-state index contributed by atoms with van der Waals surface area (Å²) in [5.41, 5.74) is 2.71. The highest BCUT2D eigenvalue weighted by Gasteiger charge is 2.09. The molecule has 0 fully saturated rings. The van der Waals surface area contributed by atoms with E-state index in [-0.39, 0.29) is 0 Å². The van der Waals surface area contributed by atoms with Gasteiger partial charge in [-0.15, -0.1) is 0 Å². The second-order valence-corrected chi connectivity index (χ2v) is 5.75. The SMILES string of the molecule is CN1CC=C(CNC(=NCc2ccccc2)N(C)C)CC1. The summed E-state index contributed by atoms with van der Waals surface area (Å²) in [6, 6.07) is 10.4. The molecule has 114 valence electrons. The van der Waals surface area contributed by atoms with Crippen LogP contribution in [0.1, 0.15) is 12.0 Å². The molecule has 0 aromatic heterocycles. The number of guanidine groups is 1. The maximum absolute atomic E-state index is 4.69. The molecule has 1 heterocycles. The fourth-order valence-electron chi connectivity index (χ4n) is 2.27. The van der Waals surface area contributed by atoms with Crippen molar-refractivity contribution >= 4 is 5.96 Å². The Hall–Kier alpha value is -1.81. The second-order valence-electron chi connectivity index (χ2n) is 5.75. The summed E-state index contributed by atoms with van der Waals surface area (Å²) >= 11 is 0. The van der Waals surface area contributed by atoms with E-state index in [1.54, 1.807) is 0 Å². The average molecular weight is 286 g/mol. The van der Waals surface area contributed by atoms with Gasteiger partial charge in [-0.1, -0.05) is 42.0 Å². The zero-order valence-electron chi connectivity index (χ0n) is 13.3. The van der Waals surface area contributed by atoms with Crippen molar-refractivity contribution in [1.29, 1.82) is 0 Å². The Bertz CT molecular complexity index is 491. The predicted octanol–water partition coefficient (Wildman–Crippen LogP) is 1.96. The van der Waals surface area contributed by atoms with E-state index in [4.69, 9.17) is 0 Å². The molecule has 0 saturated heterocycles. The molecule has 0 amide bonds. The summed E-state index contributed by atoms with van der Waals surface area (Å²) < 4.78 is 0. The van der Waals surface area contributed by atoms with Crippen molar-refractivity contribution in [2.24, 2.45) is 4.99 Å². The summed E-state index contributed by atoms with van der Waals surface area (Å²) in [6.07, 6.45) is 3.46. The monoisotopic (exact) mass is 286 g/mol. The van der Waals surface area contributed by atoms with Gasteiger partial charge in [-0.25, -0.2) is 4.99 Å². The molecule has 1 aliphatic rings. The maximum Gasteiger partial charge on any atom is 0.193 e. The summed E-state index contributed by atoms with van der Waals surface area (Å²) in [7, 11) is 6.22. The Balaban J connectivity index is 1.90. The summed E-state index contributed by atoms with van der Waals surface area (Å²) in [4.78, 5) is 9.06. The van der Waals surface area contributed by atoms with Crippen molar-refractivity contribution < 1.29 is 0 Å². The second kappa shape index (κ2) is 7.84. The molecule has 0 saturated carbocycles. The summed E-state index contributed by atoms with van der Waals surface area (Å²) in [5, 5.41) is 3.46. The van der Waals surface area contributed by atoms with Gasteiger partial charge < -0.3 is 15.1 Å². The first-order valence-corrected chi connectivity index (χ1v) is 7.51. The lowest BCUT2D eigenvalue weighted by molar-refractivity contribution is 0.357. The Morgan fingerprint density at radius 3 is 2.67 bits per heavy atom. The van der Waals surface area contributed by atoms with Gasteiger partial charge in [0.1, 0.15) is 0 Å². The van der Waals surface area contributed by atoms with E-state index in [1.165, 1.54) is 11.1 Å². The molecule has 1 aromatic carbocycles. The molecule has 0 unspecified atom stereocenters. The van der Waals surface area contributed by atoms with Crippen LogP contribution in [0, 0.1) is 0 Å². The largest absolute Gasteiger partial charge is 0.352 e. The maximum atomic E-state index is 4.69. The molecule has 0 spiro atoms. The van der Waals surface area contributed by atoms with Crippen LogP contribution in [-0.2, 0) is 6.54 Å². The number of rotatable bonds is 4. The first-order valence-electron chi connectivity index (χ1n) is 7.51. The van der Waals surface area contributed by atoms with E-state index in [2.05, 4.69) is 52.6 Å². The van der Waals surface area contributed by atoms with Gasteiger partial charge >= 0.3 is 0 Å². The molecular weight excluding hydrogens is 260 g/mol. The number of hydrogen-bond donors (Lipinski definition) is 1. The van der Waals surface area contributed by atoms with E-state index in [0.717, 1.165) is 32.0 Å². The lowest BCUT2D eigenvalue weighted by Crippen LogP contribution is -2.38. The van der Waals surface area contributed by atoms with E-state index < -0.39 is 0 Å². The van der Waals surface area contributed by atoms with E-state index in [0.29, 0.717) is 6.54 Å². The minimum atomic E-state index is 0.711. The van der Waals surface area contributed by atoms with Crippen molar-refractivity contribution in [2.75, 3.05) is 40.8 Å². The van der Waals surface area contributed by atoms with Gasteiger partial charge in [-0.2, -0.15) is 0 Å². The fourth-order valence-corrected chi connectivity index (χ4v) is 2.27. The number of benzene rings is 1. The average Bonchev–Trinajstić information content (AvgIpc) is 2.49. The predicted molar refractivity (Wildman–Crippen MR) is 89.5 cm³/mol. The van der Waals surface area contributed by atoms with Gasteiger partial charge in [-0.05, 0) is 19.0 Å². The fraction of sp³-hybridized carbons (Fsp3) is 0.471. The molecular formula is C17H26N4. The van der Waals surface area contributed by atoms with E-state index >= 15 is 0 Å². The van der Waals surface area contributed by atoms with Crippen molar-refractivity contribution in [3.8, 4) is 0 Å². The van der Waals surface area contributed by atoms with Gasteiger partial charge in [0.2, 0.25) is 0 Å². The van der Waals surface area contributed by atoms with Crippen LogP contribution < -0.4 is 5.32 Å². The Morgan fingerprint density at radius 1 is 1.29 bits per heavy atom. The number of hydrogen-bond acceptors (Lipinski definition) is 2. The quantitative estimate of drug-likeness (QED) is 0.521. The molecule has 0 aliphatic carbocycles. The van der Waals surface area contributed by atoms with Crippen LogP contribution in [0.4, 0.5) is 0 Å². The highest BCUT2D eigenvalue weighted by Crippen LogP contribution is 2.08. The zero-order chi connectivity index (χ0) is 15.1. The normalized spacial score (nSPS) is 16.5. The highest BCUT2D eigenvalue weighted by molar-refractivity contribution is 5.79. The number of aliphatic imine (C=N–C) groups is 1. The van der Waals surface area contributed by atoms with Crippen LogP contribution >= 0.6 is 0 Å². The number of nitrogens with zero attached hydrogens (tertiary/aromatic N) is 3. The Morgan fingerprint density at radius 2 is 2.05 bits per heavy atom. The van der Waals surface area contributed by atoms with Gasteiger partial charge in [0.15, 0.2) is 5.96 Å². The molecule has 0 bridgehead atoms. The first kappa shape index (κ1) is 15.6. The van der Waals surface area contributed by atoms with Gasteiger partial charge in [0.05, 0.1) is 6.54 Å². The van der Waals surface area contributed by atoms with E-state index in [1.807, 2.05) is 25.1 Å². The number of likely N-dealkylation sites (N-methyl/N-ethyl adjacent to an activating group) is 1. The van der Waals surface area contributed by atoms with Crippen molar-refractivity contribution in [3.05, 3.63) is 47.5 Å². The van der Waals surface area contributed by atoms with Crippen LogP contribution in [0.15, 0.2) is 47.0 Å². The Kier molecular flexibility index (Phi) is 5.81. The van der Waals surface area contributed by atoms with Crippen LogP contribution in [0.5, 0.6) is 0 Å². The molecule has 21 heavy (non-hydrogen) atoms. The van der Waals surface area contributed by atoms with Crippen LogP contribution in [0.25, 0.3) is 0 Å². The Labute approximate surface area is 128 Å². The molecule has 0 radical (unpaired) electrons. The molecule has 4 heteroatoms. The van der Waals surface area contributed by atoms with Crippen molar-refractivity contribution in [1.82, 2.24) is 15.1 Å². The first-order chi connectivity index (χ1) is 10.1. The minimum absolute atomic E-state index is 0.711. The standard InChI is InChI=1S/C17H26N4/c1-20(2)17(18-13-15-7-5-4-6-8-15)19-14-16-9-11-21(3)12-10-16/h4-9H,10-14H2,1-3H3,(H,18,19). The summed E-state index contributed by atoms with van der Waals surface area (Å²) in [5.74, 6) is 0.943. The molecule has 2 rings (SSSR count). The summed E-state index contributed by atoms with van der Waals surface area (Å²) in [6.45, 7) is 3.80. The third-order valence-electron chi connectivity index (χ3n) is 3.66. The smallest absolute Gasteiger partial charge is 0.193 e. The van der Waals surface area contributed by atoms with Gasteiger partial charge in [-0.3, -0.25) is 0 Å². The molecule has 4 nitrogen and oxygen atoms in total. The minimum Gasteiger partial charge on any atom is -0.352 e. The van der Waals surface area contributed by atoms with Crippen LogP contribution in [0.3, 0.4) is 0 Å². The zero-order valence-corrected chi connectivity index (χ0v) is 13.3. The van der Waals surface area contributed by atoms with Gasteiger partial charge in [0.25, 0.3) is 0 Å². The lowest BCUT2D eigenvalue weighted by atomic mass is 10.1. The lowest BCUT2D eigenvalue weighted by Gasteiger charge is -2.24. The molecule has 1 aliphatic heterocycles. The molecule has 1 aromatic rings. The third kappa shape index (κ3) is 5.23.